The maximum absolute atomic E-state index is 12.0. The van der Waals surface area contributed by atoms with E-state index in [9.17, 15) is 14.7 Å². The summed E-state index contributed by atoms with van der Waals surface area (Å²) in [5, 5.41) is 21.2. The fourth-order valence-electron chi connectivity index (χ4n) is 2.61. The van der Waals surface area contributed by atoms with Crippen LogP contribution in [0.2, 0.25) is 0 Å². The molecule has 108 valence electrons. The van der Waals surface area contributed by atoms with Crippen LogP contribution in [0.5, 0.6) is 0 Å². The number of β-amino-alcohol motifs (C(OH)–C–C–N with tert-alkyl or cyclic N) is 1. The fraction of sp³-hybridized carbons (Fsp3) is 0.833. The van der Waals surface area contributed by atoms with Crippen LogP contribution in [0.25, 0.3) is 0 Å². The molecule has 0 aromatic rings. The molecule has 0 spiro atoms. The van der Waals surface area contributed by atoms with Crippen LogP contribution in [-0.2, 0) is 9.53 Å². The molecule has 2 saturated heterocycles. The van der Waals surface area contributed by atoms with Crippen molar-refractivity contribution in [3.8, 4) is 0 Å². The van der Waals surface area contributed by atoms with Gasteiger partial charge in [-0.1, -0.05) is 0 Å². The topological polar surface area (TPSA) is 99.1 Å². The predicted molar refractivity (Wildman–Crippen MR) is 65.7 cm³/mol. The Morgan fingerprint density at radius 3 is 2.84 bits per heavy atom. The summed E-state index contributed by atoms with van der Waals surface area (Å²) in [6.45, 7) is 3.02. The molecule has 0 aromatic carbocycles. The van der Waals surface area contributed by atoms with E-state index in [1.54, 1.807) is 0 Å². The van der Waals surface area contributed by atoms with E-state index in [1.807, 2.05) is 6.92 Å². The summed E-state index contributed by atoms with van der Waals surface area (Å²) in [5.41, 5.74) is -0.368. The molecule has 2 aliphatic rings. The molecular weight excluding hydrogens is 252 g/mol. The first-order valence-electron chi connectivity index (χ1n) is 6.50. The molecule has 1 unspecified atom stereocenters. The number of carboxylic acids is 1. The molecule has 2 fully saturated rings. The normalized spacial score (nSPS) is 34.5. The average Bonchev–Trinajstić information content (AvgIpc) is 2.93. The van der Waals surface area contributed by atoms with E-state index < -0.39 is 24.1 Å². The molecule has 7 heteroatoms. The number of urea groups is 1. The standard InChI is InChI=1S/C12H20N2O5/c1-12(3-2-4-19-12)7-13-11(18)14-6-8(15)5-9(14)10(16)17/h8-9,15H,2-7H2,1H3,(H,13,18)(H,16,17)/t8-,9-,12?/m0/s1. The minimum Gasteiger partial charge on any atom is -0.480 e. The smallest absolute Gasteiger partial charge is 0.326 e. The lowest BCUT2D eigenvalue weighted by Crippen LogP contribution is -2.50. The van der Waals surface area contributed by atoms with Crippen LogP contribution in [-0.4, -0.2) is 64.6 Å². The largest absolute Gasteiger partial charge is 0.480 e. The molecule has 0 aromatic heterocycles. The van der Waals surface area contributed by atoms with Crippen molar-refractivity contribution in [2.45, 2.75) is 43.9 Å². The highest BCUT2D eigenvalue weighted by Gasteiger charge is 2.39. The molecule has 3 atom stereocenters. The van der Waals surface area contributed by atoms with E-state index in [0.717, 1.165) is 12.8 Å². The maximum atomic E-state index is 12.0. The van der Waals surface area contributed by atoms with Crippen LogP contribution in [0.1, 0.15) is 26.2 Å². The molecule has 0 radical (unpaired) electrons. The van der Waals surface area contributed by atoms with Crippen LogP contribution < -0.4 is 5.32 Å². The highest BCUT2D eigenvalue weighted by Crippen LogP contribution is 2.24. The second-order valence-corrected chi connectivity index (χ2v) is 5.46. The number of rotatable bonds is 3. The second-order valence-electron chi connectivity index (χ2n) is 5.46. The average molecular weight is 272 g/mol. The van der Waals surface area contributed by atoms with Crippen molar-refractivity contribution >= 4 is 12.0 Å². The summed E-state index contributed by atoms with van der Waals surface area (Å²) in [6.07, 6.45) is 1.14. The lowest BCUT2D eigenvalue weighted by atomic mass is 10.0. The Kier molecular flexibility index (Phi) is 3.96. The number of hydrogen-bond acceptors (Lipinski definition) is 4. The first-order chi connectivity index (χ1) is 8.91. The van der Waals surface area contributed by atoms with Gasteiger partial charge in [-0.15, -0.1) is 0 Å². The zero-order valence-electron chi connectivity index (χ0n) is 11.0. The van der Waals surface area contributed by atoms with Gasteiger partial charge in [0.05, 0.1) is 11.7 Å². The lowest BCUT2D eigenvalue weighted by molar-refractivity contribution is -0.141. The molecule has 19 heavy (non-hydrogen) atoms. The molecular formula is C12H20N2O5. The third kappa shape index (κ3) is 3.16. The van der Waals surface area contributed by atoms with Gasteiger partial charge in [0.1, 0.15) is 6.04 Å². The van der Waals surface area contributed by atoms with Crippen molar-refractivity contribution in [3.63, 3.8) is 0 Å². The molecule has 2 heterocycles. The van der Waals surface area contributed by atoms with E-state index in [-0.39, 0.29) is 18.6 Å². The van der Waals surface area contributed by atoms with Crippen molar-refractivity contribution in [2.24, 2.45) is 0 Å². The molecule has 2 rings (SSSR count). The monoisotopic (exact) mass is 272 g/mol. The van der Waals surface area contributed by atoms with Crippen molar-refractivity contribution in [2.75, 3.05) is 19.7 Å². The Bertz CT molecular complexity index is 367. The van der Waals surface area contributed by atoms with Gasteiger partial charge in [0.15, 0.2) is 0 Å². The van der Waals surface area contributed by atoms with Gasteiger partial charge < -0.3 is 25.2 Å². The Morgan fingerprint density at radius 2 is 2.26 bits per heavy atom. The Hall–Kier alpha value is -1.34. The molecule has 7 nitrogen and oxygen atoms in total. The number of aliphatic carboxylic acids is 1. The van der Waals surface area contributed by atoms with Gasteiger partial charge in [-0.05, 0) is 19.8 Å². The summed E-state index contributed by atoms with van der Waals surface area (Å²) < 4.78 is 5.55. The van der Waals surface area contributed by atoms with Gasteiger partial charge in [0.25, 0.3) is 0 Å². The number of carbonyl (C=O) groups excluding carboxylic acids is 1. The van der Waals surface area contributed by atoms with Crippen molar-refractivity contribution in [1.82, 2.24) is 10.2 Å². The summed E-state index contributed by atoms with van der Waals surface area (Å²) in [6, 6.07) is -1.41. The number of aliphatic hydroxyl groups excluding tert-OH is 1. The predicted octanol–water partition coefficient (Wildman–Crippen LogP) is -0.215. The van der Waals surface area contributed by atoms with Gasteiger partial charge >= 0.3 is 12.0 Å². The van der Waals surface area contributed by atoms with Crippen molar-refractivity contribution in [1.29, 1.82) is 0 Å². The Balaban J connectivity index is 1.90. The highest BCUT2D eigenvalue weighted by molar-refractivity contribution is 5.83. The highest BCUT2D eigenvalue weighted by atomic mass is 16.5. The van der Waals surface area contributed by atoms with Gasteiger partial charge in [0, 0.05) is 26.1 Å². The number of ether oxygens (including phenoxy) is 1. The fourth-order valence-corrected chi connectivity index (χ4v) is 2.61. The minimum atomic E-state index is -1.09. The summed E-state index contributed by atoms with van der Waals surface area (Å²) in [4.78, 5) is 24.2. The molecule has 0 bridgehead atoms. The first kappa shape index (κ1) is 14.1. The number of hydrogen-bond donors (Lipinski definition) is 3. The molecule has 3 N–H and O–H groups in total. The lowest BCUT2D eigenvalue weighted by Gasteiger charge is -2.27. The van der Waals surface area contributed by atoms with Crippen molar-refractivity contribution < 1.29 is 24.5 Å². The number of carboxylic acid groups (broad SMARTS) is 1. The maximum Gasteiger partial charge on any atom is 0.326 e. The SMILES string of the molecule is CC1(CNC(=O)N2C[C@@H](O)C[C@H]2C(=O)O)CCCO1. The van der Waals surface area contributed by atoms with Gasteiger partial charge in [-0.25, -0.2) is 9.59 Å². The van der Waals surface area contributed by atoms with Crippen LogP contribution in [0.4, 0.5) is 4.79 Å². The van der Waals surface area contributed by atoms with E-state index in [4.69, 9.17) is 9.84 Å². The quantitative estimate of drug-likeness (QED) is 0.660. The number of likely N-dealkylation sites (tertiary alicyclic amines) is 1. The summed E-state index contributed by atoms with van der Waals surface area (Å²) in [5.74, 6) is -1.09. The van der Waals surface area contributed by atoms with E-state index >= 15 is 0 Å². The summed E-state index contributed by atoms with van der Waals surface area (Å²) >= 11 is 0. The van der Waals surface area contributed by atoms with E-state index in [0.29, 0.717) is 13.2 Å². The van der Waals surface area contributed by atoms with Crippen LogP contribution in [0, 0.1) is 0 Å². The molecule has 0 saturated carbocycles. The van der Waals surface area contributed by atoms with Crippen LogP contribution >= 0.6 is 0 Å². The van der Waals surface area contributed by atoms with Gasteiger partial charge in [-0.3, -0.25) is 0 Å². The molecule has 0 aliphatic carbocycles. The van der Waals surface area contributed by atoms with Crippen LogP contribution in [0.15, 0.2) is 0 Å². The van der Waals surface area contributed by atoms with Crippen molar-refractivity contribution in [3.05, 3.63) is 0 Å². The first-order valence-corrected chi connectivity index (χ1v) is 6.50. The zero-order valence-corrected chi connectivity index (χ0v) is 11.0. The Morgan fingerprint density at radius 1 is 1.53 bits per heavy atom. The third-order valence-corrected chi connectivity index (χ3v) is 3.74. The summed E-state index contributed by atoms with van der Waals surface area (Å²) in [7, 11) is 0. The van der Waals surface area contributed by atoms with Crippen LogP contribution in [0.3, 0.4) is 0 Å². The number of nitrogens with zero attached hydrogens (tertiary/aromatic N) is 1. The van der Waals surface area contributed by atoms with Gasteiger partial charge in [0.2, 0.25) is 0 Å². The zero-order chi connectivity index (χ0) is 14.0. The number of nitrogens with one attached hydrogen (secondary N) is 1. The third-order valence-electron chi connectivity index (χ3n) is 3.74. The number of carbonyl (C=O) groups is 2. The second kappa shape index (κ2) is 5.34. The number of aliphatic hydroxyl groups is 1. The van der Waals surface area contributed by atoms with E-state index in [1.165, 1.54) is 4.90 Å². The van der Waals surface area contributed by atoms with Gasteiger partial charge in [-0.2, -0.15) is 0 Å². The number of amides is 2. The Labute approximate surface area is 111 Å². The minimum absolute atomic E-state index is 0.0559. The molecule has 2 aliphatic heterocycles. The van der Waals surface area contributed by atoms with E-state index in [2.05, 4.69) is 5.32 Å². The molecule has 2 amide bonds.